The molecule has 0 saturated heterocycles. The van der Waals surface area contributed by atoms with Crippen LogP contribution in [-0.4, -0.2) is 16.1 Å². The van der Waals surface area contributed by atoms with Gasteiger partial charge in [-0.1, -0.05) is 25.4 Å². The highest BCUT2D eigenvalue weighted by Gasteiger charge is 2.16. The van der Waals surface area contributed by atoms with Gasteiger partial charge in [0.15, 0.2) is 0 Å². The van der Waals surface area contributed by atoms with Crippen molar-refractivity contribution in [3.8, 4) is 0 Å². The lowest BCUT2D eigenvalue weighted by molar-refractivity contribution is 0.0696. The SMILES string of the molecule is Cc1cc(C(=O)O)c(Cl)c(C(C)C)n1. The first-order chi connectivity index (χ1) is 6.43. The molecular weight excluding hydrogens is 202 g/mol. The molecule has 1 rings (SSSR count). The summed E-state index contributed by atoms with van der Waals surface area (Å²) in [6.07, 6.45) is 0. The Bertz CT molecular complexity index is 375. The minimum atomic E-state index is -1.01. The number of aromatic nitrogens is 1. The molecule has 4 heteroatoms. The van der Waals surface area contributed by atoms with Gasteiger partial charge in [0, 0.05) is 5.69 Å². The van der Waals surface area contributed by atoms with E-state index in [4.69, 9.17) is 16.7 Å². The van der Waals surface area contributed by atoms with E-state index in [1.165, 1.54) is 6.07 Å². The first-order valence-corrected chi connectivity index (χ1v) is 4.71. The molecule has 3 nitrogen and oxygen atoms in total. The fourth-order valence-corrected chi connectivity index (χ4v) is 1.62. The number of carbonyl (C=O) groups is 1. The number of carboxylic acids is 1. The van der Waals surface area contributed by atoms with Crippen molar-refractivity contribution in [3.63, 3.8) is 0 Å². The van der Waals surface area contributed by atoms with Gasteiger partial charge < -0.3 is 5.11 Å². The van der Waals surface area contributed by atoms with Crippen LogP contribution in [0.1, 0.15) is 41.5 Å². The minimum absolute atomic E-state index is 0.125. The van der Waals surface area contributed by atoms with Crippen molar-refractivity contribution < 1.29 is 9.90 Å². The maximum absolute atomic E-state index is 10.8. The van der Waals surface area contributed by atoms with Gasteiger partial charge in [0.05, 0.1) is 16.3 Å². The van der Waals surface area contributed by atoms with E-state index in [0.717, 1.165) is 0 Å². The van der Waals surface area contributed by atoms with Crippen LogP contribution in [0.4, 0.5) is 0 Å². The molecule has 1 heterocycles. The van der Waals surface area contributed by atoms with E-state index >= 15 is 0 Å². The zero-order valence-electron chi connectivity index (χ0n) is 8.34. The Hall–Kier alpha value is -1.09. The fourth-order valence-electron chi connectivity index (χ4n) is 1.22. The number of carboxylic acid groups (broad SMARTS) is 1. The first-order valence-electron chi connectivity index (χ1n) is 4.33. The van der Waals surface area contributed by atoms with Crippen LogP contribution in [0.25, 0.3) is 0 Å². The second-order valence-corrected chi connectivity index (χ2v) is 3.85. The zero-order valence-corrected chi connectivity index (χ0v) is 9.09. The molecule has 1 aromatic rings. The summed E-state index contributed by atoms with van der Waals surface area (Å²) in [4.78, 5) is 15.1. The lowest BCUT2D eigenvalue weighted by Crippen LogP contribution is -2.05. The maximum atomic E-state index is 10.8. The summed E-state index contributed by atoms with van der Waals surface area (Å²) in [7, 11) is 0. The summed E-state index contributed by atoms with van der Waals surface area (Å²) in [5.74, 6) is -0.886. The molecule has 0 aromatic carbocycles. The number of aryl methyl sites for hydroxylation is 1. The van der Waals surface area contributed by atoms with E-state index in [1.54, 1.807) is 6.92 Å². The summed E-state index contributed by atoms with van der Waals surface area (Å²) < 4.78 is 0. The van der Waals surface area contributed by atoms with Gasteiger partial charge >= 0.3 is 5.97 Å². The normalized spacial score (nSPS) is 10.6. The predicted octanol–water partition coefficient (Wildman–Crippen LogP) is 2.87. The lowest BCUT2D eigenvalue weighted by atomic mass is 10.1. The Balaban J connectivity index is 3.40. The molecule has 0 fully saturated rings. The fraction of sp³-hybridized carbons (Fsp3) is 0.400. The number of nitrogens with zero attached hydrogens (tertiary/aromatic N) is 1. The Labute approximate surface area is 87.7 Å². The van der Waals surface area contributed by atoms with Crippen molar-refractivity contribution >= 4 is 17.6 Å². The van der Waals surface area contributed by atoms with Gasteiger partial charge in [0.1, 0.15) is 0 Å². The molecule has 0 aliphatic heterocycles. The number of rotatable bonds is 2. The monoisotopic (exact) mass is 213 g/mol. The molecule has 0 aliphatic rings. The van der Waals surface area contributed by atoms with Gasteiger partial charge in [-0.3, -0.25) is 4.98 Å². The highest BCUT2D eigenvalue weighted by atomic mass is 35.5. The van der Waals surface area contributed by atoms with Crippen molar-refractivity contribution in [1.29, 1.82) is 0 Å². The van der Waals surface area contributed by atoms with E-state index in [9.17, 15) is 4.79 Å². The Kier molecular flexibility index (Phi) is 3.11. The molecule has 1 N–H and O–H groups in total. The largest absolute Gasteiger partial charge is 0.478 e. The molecular formula is C10H12ClNO2. The molecule has 0 aliphatic carbocycles. The number of hydrogen-bond acceptors (Lipinski definition) is 2. The van der Waals surface area contributed by atoms with E-state index in [2.05, 4.69) is 4.98 Å². The van der Waals surface area contributed by atoms with Crippen molar-refractivity contribution in [1.82, 2.24) is 4.98 Å². The average Bonchev–Trinajstić information content (AvgIpc) is 2.07. The third kappa shape index (κ3) is 2.04. The van der Waals surface area contributed by atoms with Crippen molar-refractivity contribution in [3.05, 3.63) is 28.0 Å². The molecule has 0 radical (unpaired) electrons. The smallest absolute Gasteiger partial charge is 0.337 e. The van der Waals surface area contributed by atoms with E-state index < -0.39 is 5.97 Å². The molecule has 14 heavy (non-hydrogen) atoms. The standard InChI is InChI=1S/C10H12ClNO2/c1-5(2)9-8(11)7(10(13)14)4-6(3)12-9/h4-5H,1-3H3,(H,13,14). The van der Waals surface area contributed by atoms with Crippen LogP contribution in [0.15, 0.2) is 6.07 Å². The quantitative estimate of drug-likeness (QED) is 0.822. The van der Waals surface area contributed by atoms with Crippen LogP contribution in [0.3, 0.4) is 0 Å². The van der Waals surface area contributed by atoms with Crippen molar-refractivity contribution in [2.24, 2.45) is 0 Å². The van der Waals surface area contributed by atoms with Crippen LogP contribution in [0.5, 0.6) is 0 Å². The predicted molar refractivity (Wildman–Crippen MR) is 55.0 cm³/mol. The van der Waals surface area contributed by atoms with Crippen LogP contribution >= 0.6 is 11.6 Å². The molecule has 1 aromatic heterocycles. The third-order valence-electron chi connectivity index (χ3n) is 1.89. The van der Waals surface area contributed by atoms with Crippen LogP contribution in [0.2, 0.25) is 5.02 Å². The molecule has 0 bridgehead atoms. The lowest BCUT2D eigenvalue weighted by Gasteiger charge is -2.10. The second kappa shape index (κ2) is 3.96. The first kappa shape index (κ1) is 11.0. The second-order valence-electron chi connectivity index (χ2n) is 3.47. The van der Waals surface area contributed by atoms with E-state index in [1.807, 2.05) is 13.8 Å². The molecule has 76 valence electrons. The highest BCUT2D eigenvalue weighted by Crippen LogP contribution is 2.26. The van der Waals surface area contributed by atoms with E-state index in [-0.39, 0.29) is 16.5 Å². The summed E-state index contributed by atoms with van der Waals surface area (Å²) >= 11 is 5.93. The molecule has 0 spiro atoms. The molecule has 0 saturated carbocycles. The average molecular weight is 214 g/mol. The summed E-state index contributed by atoms with van der Waals surface area (Å²) in [5.41, 5.74) is 1.45. The van der Waals surface area contributed by atoms with Gasteiger partial charge in [0.2, 0.25) is 0 Å². The van der Waals surface area contributed by atoms with Gasteiger partial charge in [0.25, 0.3) is 0 Å². The van der Waals surface area contributed by atoms with Gasteiger partial charge in [-0.05, 0) is 18.9 Å². The molecule has 0 unspecified atom stereocenters. The summed E-state index contributed by atoms with van der Waals surface area (Å²) in [6, 6.07) is 1.48. The van der Waals surface area contributed by atoms with Crippen molar-refractivity contribution in [2.75, 3.05) is 0 Å². The Morgan fingerprint density at radius 3 is 2.57 bits per heavy atom. The van der Waals surface area contributed by atoms with E-state index in [0.29, 0.717) is 11.4 Å². The number of hydrogen-bond donors (Lipinski definition) is 1. The number of aromatic carboxylic acids is 1. The van der Waals surface area contributed by atoms with Crippen LogP contribution < -0.4 is 0 Å². The summed E-state index contributed by atoms with van der Waals surface area (Å²) in [5, 5.41) is 9.13. The van der Waals surface area contributed by atoms with Crippen LogP contribution in [0, 0.1) is 6.92 Å². The van der Waals surface area contributed by atoms with Crippen LogP contribution in [-0.2, 0) is 0 Å². The van der Waals surface area contributed by atoms with Crippen molar-refractivity contribution in [2.45, 2.75) is 26.7 Å². The van der Waals surface area contributed by atoms with Gasteiger partial charge in [-0.25, -0.2) is 4.79 Å². The maximum Gasteiger partial charge on any atom is 0.337 e. The Morgan fingerprint density at radius 2 is 2.14 bits per heavy atom. The minimum Gasteiger partial charge on any atom is -0.478 e. The van der Waals surface area contributed by atoms with Gasteiger partial charge in [-0.15, -0.1) is 0 Å². The topological polar surface area (TPSA) is 50.2 Å². The Morgan fingerprint density at radius 1 is 1.57 bits per heavy atom. The number of pyridine rings is 1. The zero-order chi connectivity index (χ0) is 10.9. The highest BCUT2D eigenvalue weighted by molar-refractivity contribution is 6.34. The molecule has 0 atom stereocenters. The molecule has 0 amide bonds. The summed E-state index contributed by atoms with van der Waals surface area (Å²) in [6.45, 7) is 5.62. The number of halogens is 1. The van der Waals surface area contributed by atoms with Gasteiger partial charge in [-0.2, -0.15) is 0 Å². The third-order valence-corrected chi connectivity index (χ3v) is 2.29.